The summed E-state index contributed by atoms with van der Waals surface area (Å²) in [6.45, 7) is 6.13. The minimum Gasteiger partial charge on any atom is -0.492 e. The third kappa shape index (κ3) is 5.16. The highest BCUT2D eigenvalue weighted by molar-refractivity contribution is 5.93. The molecule has 2 aromatic carbocycles. The maximum atomic E-state index is 11.9. The Bertz CT molecular complexity index is 656. The van der Waals surface area contributed by atoms with E-state index in [-0.39, 0.29) is 12.5 Å². The van der Waals surface area contributed by atoms with Crippen LogP contribution >= 0.6 is 0 Å². The number of para-hydroxylation sites is 2. The molecule has 0 saturated carbocycles. The van der Waals surface area contributed by atoms with Crippen LogP contribution in [0.25, 0.3) is 5.70 Å². The highest BCUT2D eigenvalue weighted by Gasteiger charge is 2.08. The fourth-order valence-corrected chi connectivity index (χ4v) is 1.92. The van der Waals surface area contributed by atoms with Crippen LogP contribution in [0.5, 0.6) is 5.75 Å². The van der Waals surface area contributed by atoms with E-state index in [1.165, 1.54) is 0 Å². The molecular formula is C18H20N2O3. The second-order valence-corrected chi connectivity index (χ2v) is 4.71. The van der Waals surface area contributed by atoms with E-state index in [9.17, 15) is 4.79 Å². The minimum absolute atomic E-state index is 0.147. The Morgan fingerprint density at radius 1 is 1.09 bits per heavy atom. The third-order valence-electron chi connectivity index (χ3n) is 2.98. The van der Waals surface area contributed by atoms with Crippen molar-refractivity contribution < 1.29 is 14.4 Å². The maximum absolute atomic E-state index is 11.9. The molecule has 2 rings (SSSR count). The highest BCUT2D eigenvalue weighted by atomic mass is 16.6. The van der Waals surface area contributed by atoms with Gasteiger partial charge < -0.3 is 10.1 Å². The van der Waals surface area contributed by atoms with E-state index in [1.54, 1.807) is 12.1 Å². The number of ether oxygens (including phenoxy) is 1. The monoisotopic (exact) mass is 312 g/mol. The van der Waals surface area contributed by atoms with Gasteiger partial charge in [0.15, 0.2) is 6.61 Å². The van der Waals surface area contributed by atoms with Gasteiger partial charge in [0.05, 0.1) is 18.0 Å². The summed E-state index contributed by atoms with van der Waals surface area (Å²) in [6, 6.07) is 16.8. The highest BCUT2D eigenvalue weighted by Crippen LogP contribution is 2.23. The first-order valence-corrected chi connectivity index (χ1v) is 7.34. The first-order chi connectivity index (χ1) is 11.2. The molecule has 0 aliphatic carbocycles. The standard InChI is InChI=1S/C18H20N2O3/c1-3-22-17-12-8-7-11-16(17)19-18(21)13-23-20-14(2)15-9-5-4-6-10-15/h4-12,20H,2-3,13H2,1H3,(H,19,21). The summed E-state index contributed by atoms with van der Waals surface area (Å²) < 4.78 is 5.45. The van der Waals surface area contributed by atoms with Gasteiger partial charge in [-0.3, -0.25) is 15.1 Å². The van der Waals surface area contributed by atoms with Gasteiger partial charge in [0, 0.05) is 0 Å². The van der Waals surface area contributed by atoms with Gasteiger partial charge in [0.25, 0.3) is 5.91 Å². The molecule has 0 saturated heterocycles. The van der Waals surface area contributed by atoms with Gasteiger partial charge in [-0.1, -0.05) is 49.0 Å². The van der Waals surface area contributed by atoms with E-state index in [0.717, 1.165) is 5.56 Å². The fraction of sp³-hybridized carbons (Fsp3) is 0.167. The zero-order valence-electron chi connectivity index (χ0n) is 13.0. The summed E-state index contributed by atoms with van der Waals surface area (Å²) in [6.07, 6.45) is 0. The Labute approximate surface area is 135 Å². The molecule has 2 N–H and O–H groups in total. The number of anilines is 1. The van der Waals surface area contributed by atoms with Gasteiger partial charge in [0.1, 0.15) is 5.75 Å². The number of benzene rings is 2. The summed E-state index contributed by atoms with van der Waals surface area (Å²) in [5.74, 6) is 0.343. The maximum Gasteiger partial charge on any atom is 0.253 e. The van der Waals surface area contributed by atoms with Crippen molar-refractivity contribution in [2.24, 2.45) is 0 Å². The van der Waals surface area contributed by atoms with Crippen LogP contribution in [0.1, 0.15) is 12.5 Å². The van der Waals surface area contributed by atoms with Crippen LogP contribution in [-0.2, 0) is 9.63 Å². The molecule has 0 bridgehead atoms. The van der Waals surface area contributed by atoms with Gasteiger partial charge in [-0.2, -0.15) is 0 Å². The van der Waals surface area contributed by atoms with Crippen LogP contribution in [0.15, 0.2) is 61.2 Å². The largest absolute Gasteiger partial charge is 0.492 e. The number of rotatable bonds is 8. The zero-order chi connectivity index (χ0) is 16.5. The molecule has 2 aromatic rings. The molecule has 23 heavy (non-hydrogen) atoms. The van der Waals surface area contributed by atoms with Crippen LogP contribution in [0, 0.1) is 0 Å². The molecule has 5 heteroatoms. The van der Waals surface area contributed by atoms with E-state index < -0.39 is 0 Å². The molecule has 5 nitrogen and oxygen atoms in total. The molecule has 0 heterocycles. The van der Waals surface area contributed by atoms with Crippen LogP contribution < -0.4 is 15.5 Å². The fourth-order valence-electron chi connectivity index (χ4n) is 1.92. The molecule has 0 atom stereocenters. The van der Waals surface area contributed by atoms with Crippen molar-refractivity contribution in [2.75, 3.05) is 18.5 Å². The van der Waals surface area contributed by atoms with Crippen molar-refractivity contribution in [3.63, 3.8) is 0 Å². The second-order valence-electron chi connectivity index (χ2n) is 4.71. The molecule has 0 fully saturated rings. The minimum atomic E-state index is -0.287. The van der Waals surface area contributed by atoms with Crippen LogP contribution in [0.3, 0.4) is 0 Å². The van der Waals surface area contributed by atoms with Crippen molar-refractivity contribution in [3.05, 3.63) is 66.7 Å². The van der Waals surface area contributed by atoms with Crippen molar-refractivity contribution in [2.45, 2.75) is 6.92 Å². The molecule has 0 radical (unpaired) electrons. The second kappa shape index (κ2) is 8.60. The van der Waals surface area contributed by atoms with E-state index in [1.807, 2.05) is 49.4 Å². The topological polar surface area (TPSA) is 59.6 Å². The summed E-state index contributed by atoms with van der Waals surface area (Å²) in [4.78, 5) is 17.1. The predicted molar refractivity (Wildman–Crippen MR) is 90.8 cm³/mol. The number of nitrogens with one attached hydrogen (secondary N) is 2. The average molecular weight is 312 g/mol. The first kappa shape index (κ1) is 16.6. The number of carbonyl (C=O) groups is 1. The SMILES string of the molecule is C=C(NOCC(=O)Nc1ccccc1OCC)c1ccccc1. The summed E-state index contributed by atoms with van der Waals surface area (Å²) in [5, 5.41) is 2.75. The Morgan fingerprint density at radius 2 is 1.78 bits per heavy atom. The zero-order valence-corrected chi connectivity index (χ0v) is 13.0. The van der Waals surface area contributed by atoms with Crippen LogP contribution in [-0.4, -0.2) is 19.1 Å². The molecule has 0 aliphatic heterocycles. The quantitative estimate of drug-likeness (QED) is 0.735. The lowest BCUT2D eigenvalue weighted by Crippen LogP contribution is -2.23. The molecule has 120 valence electrons. The number of hydroxylamine groups is 1. The number of carbonyl (C=O) groups excluding carboxylic acids is 1. The number of amides is 1. The van der Waals surface area contributed by atoms with Crippen LogP contribution in [0.4, 0.5) is 5.69 Å². The first-order valence-electron chi connectivity index (χ1n) is 7.34. The summed E-state index contributed by atoms with van der Waals surface area (Å²) >= 11 is 0. The molecule has 1 amide bonds. The molecular weight excluding hydrogens is 292 g/mol. The normalized spacial score (nSPS) is 9.96. The lowest BCUT2D eigenvalue weighted by molar-refractivity contribution is -0.122. The number of hydrogen-bond acceptors (Lipinski definition) is 4. The Hall–Kier alpha value is -2.79. The van der Waals surface area contributed by atoms with Gasteiger partial charge in [-0.25, -0.2) is 0 Å². The van der Waals surface area contributed by atoms with Crippen molar-refractivity contribution in [3.8, 4) is 5.75 Å². The van der Waals surface area contributed by atoms with Crippen molar-refractivity contribution >= 4 is 17.3 Å². The molecule has 0 unspecified atom stereocenters. The smallest absolute Gasteiger partial charge is 0.253 e. The molecule has 0 aliphatic rings. The van der Waals surface area contributed by atoms with Gasteiger partial charge in [0.2, 0.25) is 0 Å². The van der Waals surface area contributed by atoms with Gasteiger partial charge in [-0.05, 0) is 24.6 Å². The Morgan fingerprint density at radius 3 is 2.52 bits per heavy atom. The Balaban J connectivity index is 1.81. The van der Waals surface area contributed by atoms with E-state index >= 15 is 0 Å². The molecule has 0 aromatic heterocycles. The Kier molecular flexibility index (Phi) is 6.20. The summed E-state index contributed by atoms with van der Waals surface area (Å²) in [7, 11) is 0. The van der Waals surface area contributed by atoms with Crippen molar-refractivity contribution in [1.82, 2.24) is 5.48 Å². The van der Waals surface area contributed by atoms with Crippen LogP contribution in [0.2, 0.25) is 0 Å². The number of hydrogen-bond donors (Lipinski definition) is 2. The van der Waals surface area contributed by atoms with Gasteiger partial charge >= 0.3 is 0 Å². The van der Waals surface area contributed by atoms with E-state index in [2.05, 4.69) is 17.4 Å². The summed E-state index contributed by atoms with van der Waals surface area (Å²) in [5.41, 5.74) is 4.77. The third-order valence-corrected chi connectivity index (χ3v) is 2.98. The van der Waals surface area contributed by atoms with E-state index in [0.29, 0.717) is 23.7 Å². The van der Waals surface area contributed by atoms with E-state index in [4.69, 9.17) is 9.57 Å². The van der Waals surface area contributed by atoms with Crippen molar-refractivity contribution in [1.29, 1.82) is 0 Å². The average Bonchev–Trinajstić information content (AvgIpc) is 2.57. The molecule has 0 spiro atoms. The van der Waals surface area contributed by atoms with Gasteiger partial charge in [-0.15, -0.1) is 0 Å². The lowest BCUT2D eigenvalue weighted by atomic mass is 10.2. The predicted octanol–water partition coefficient (Wildman–Crippen LogP) is 3.22. The lowest BCUT2D eigenvalue weighted by Gasteiger charge is -2.12.